The molecule has 4 rings (SSSR count). The highest BCUT2D eigenvalue weighted by atomic mass is 32.2. The second-order valence-electron chi connectivity index (χ2n) is 9.77. The number of aromatic nitrogens is 1. The summed E-state index contributed by atoms with van der Waals surface area (Å²) in [5, 5.41) is 5.49. The SMILES string of the molecule is O=C(N[C@@H](CC1CCCCC1)C(=O)NC1CCCCN(S(=O)(=O)c2ccccn2)CC1=O)c1ccco1. The number of amides is 2. The highest BCUT2D eigenvalue weighted by molar-refractivity contribution is 7.89. The van der Waals surface area contributed by atoms with Gasteiger partial charge in [0.05, 0.1) is 18.8 Å². The van der Waals surface area contributed by atoms with E-state index >= 15 is 0 Å². The van der Waals surface area contributed by atoms with E-state index in [0.717, 1.165) is 30.0 Å². The van der Waals surface area contributed by atoms with Gasteiger partial charge in [0.15, 0.2) is 16.6 Å². The van der Waals surface area contributed by atoms with Crippen molar-refractivity contribution in [3.63, 3.8) is 0 Å². The molecule has 2 aromatic heterocycles. The molecule has 1 saturated heterocycles. The quantitative estimate of drug-likeness (QED) is 0.535. The zero-order valence-corrected chi connectivity index (χ0v) is 21.6. The molecule has 200 valence electrons. The minimum atomic E-state index is -3.94. The third-order valence-electron chi connectivity index (χ3n) is 7.09. The largest absolute Gasteiger partial charge is 0.459 e. The van der Waals surface area contributed by atoms with Gasteiger partial charge in [0.25, 0.3) is 15.9 Å². The van der Waals surface area contributed by atoms with Gasteiger partial charge >= 0.3 is 0 Å². The third kappa shape index (κ3) is 7.04. The molecule has 0 radical (unpaired) electrons. The molecule has 0 spiro atoms. The van der Waals surface area contributed by atoms with Crippen LogP contribution in [0.1, 0.15) is 68.3 Å². The number of hydrogen-bond donors (Lipinski definition) is 2. The van der Waals surface area contributed by atoms with Crippen LogP contribution < -0.4 is 10.6 Å². The number of sulfonamides is 1. The Bertz CT molecular complexity index is 1160. The zero-order chi connectivity index (χ0) is 26.3. The Morgan fingerprint density at radius 1 is 1.05 bits per heavy atom. The monoisotopic (exact) mass is 530 g/mol. The van der Waals surface area contributed by atoms with Crippen molar-refractivity contribution in [1.29, 1.82) is 0 Å². The average molecular weight is 531 g/mol. The van der Waals surface area contributed by atoms with Gasteiger partial charge in [-0.3, -0.25) is 14.4 Å². The number of rotatable bonds is 8. The molecule has 10 nitrogen and oxygen atoms in total. The fourth-order valence-corrected chi connectivity index (χ4v) is 6.42. The molecule has 2 atom stereocenters. The lowest BCUT2D eigenvalue weighted by molar-refractivity contribution is -0.129. The first kappa shape index (κ1) is 27.0. The normalized spacial score (nSPS) is 21.0. The number of carbonyl (C=O) groups excluding carboxylic acids is 3. The molecular weight excluding hydrogens is 496 g/mol. The van der Waals surface area contributed by atoms with E-state index in [9.17, 15) is 22.8 Å². The van der Waals surface area contributed by atoms with Crippen molar-refractivity contribution >= 4 is 27.6 Å². The van der Waals surface area contributed by atoms with Crippen molar-refractivity contribution in [2.75, 3.05) is 13.1 Å². The predicted octanol–water partition coefficient (Wildman–Crippen LogP) is 2.67. The molecular formula is C26H34N4O6S. The van der Waals surface area contributed by atoms with Crippen molar-refractivity contribution < 1.29 is 27.2 Å². The second-order valence-corrected chi connectivity index (χ2v) is 11.7. The fourth-order valence-electron chi connectivity index (χ4n) is 5.05. The van der Waals surface area contributed by atoms with Crippen molar-refractivity contribution in [1.82, 2.24) is 19.9 Å². The molecule has 1 saturated carbocycles. The molecule has 2 aromatic rings. The fraction of sp³-hybridized carbons (Fsp3) is 0.538. The summed E-state index contributed by atoms with van der Waals surface area (Å²) in [7, 11) is -3.94. The topological polar surface area (TPSA) is 139 Å². The summed E-state index contributed by atoms with van der Waals surface area (Å²) in [6.45, 7) is -0.148. The van der Waals surface area contributed by atoms with Crippen LogP contribution in [0, 0.1) is 5.92 Å². The van der Waals surface area contributed by atoms with Crippen molar-refractivity contribution in [3.05, 3.63) is 48.6 Å². The Morgan fingerprint density at radius 3 is 2.54 bits per heavy atom. The number of hydrogen-bond acceptors (Lipinski definition) is 7. The van der Waals surface area contributed by atoms with E-state index in [4.69, 9.17) is 4.42 Å². The molecule has 2 amide bonds. The lowest BCUT2D eigenvalue weighted by Gasteiger charge is -2.30. The van der Waals surface area contributed by atoms with E-state index in [-0.39, 0.29) is 29.7 Å². The van der Waals surface area contributed by atoms with Gasteiger partial charge in [-0.25, -0.2) is 13.4 Å². The van der Waals surface area contributed by atoms with E-state index < -0.39 is 33.9 Å². The number of Topliss-reactive ketones (excluding diaryl/α,β-unsaturated/α-hetero) is 1. The number of ketones is 1. The van der Waals surface area contributed by atoms with Crippen LogP contribution in [0.5, 0.6) is 0 Å². The molecule has 11 heteroatoms. The van der Waals surface area contributed by atoms with Gasteiger partial charge < -0.3 is 15.1 Å². The Hall–Kier alpha value is -3.05. The maximum atomic E-state index is 13.4. The average Bonchev–Trinajstić information content (AvgIpc) is 3.44. The Labute approximate surface area is 217 Å². The maximum absolute atomic E-state index is 13.4. The summed E-state index contributed by atoms with van der Waals surface area (Å²) in [5.41, 5.74) is 0. The maximum Gasteiger partial charge on any atom is 0.287 e. The molecule has 2 fully saturated rings. The molecule has 2 aliphatic rings. The summed E-state index contributed by atoms with van der Waals surface area (Å²) in [4.78, 5) is 43.2. The van der Waals surface area contributed by atoms with Crippen LogP contribution in [-0.2, 0) is 19.6 Å². The van der Waals surface area contributed by atoms with Gasteiger partial charge in [0.1, 0.15) is 6.04 Å². The predicted molar refractivity (Wildman–Crippen MR) is 135 cm³/mol. The summed E-state index contributed by atoms with van der Waals surface area (Å²) in [6.07, 6.45) is 10.1. The van der Waals surface area contributed by atoms with Crippen LogP contribution in [0.25, 0.3) is 0 Å². The summed E-state index contributed by atoms with van der Waals surface area (Å²) < 4.78 is 32.4. The van der Waals surface area contributed by atoms with Crippen LogP contribution in [0.15, 0.2) is 52.2 Å². The summed E-state index contributed by atoms with van der Waals surface area (Å²) in [6, 6.07) is 6.06. The minimum Gasteiger partial charge on any atom is -0.459 e. The molecule has 1 aliphatic carbocycles. The van der Waals surface area contributed by atoms with Crippen molar-refractivity contribution in [2.24, 2.45) is 5.92 Å². The molecule has 0 bridgehead atoms. The smallest absolute Gasteiger partial charge is 0.287 e. The van der Waals surface area contributed by atoms with E-state index in [1.165, 1.54) is 31.0 Å². The van der Waals surface area contributed by atoms with Crippen molar-refractivity contribution in [3.8, 4) is 0 Å². The van der Waals surface area contributed by atoms with E-state index in [1.54, 1.807) is 18.2 Å². The number of carbonyl (C=O) groups is 3. The first-order valence-corrected chi connectivity index (χ1v) is 14.4. The lowest BCUT2D eigenvalue weighted by atomic mass is 9.84. The second kappa shape index (κ2) is 12.5. The molecule has 3 heterocycles. The molecule has 0 aromatic carbocycles. The van der Waals surface area contributed by atoms with E-state index in [0.29, 0.717) is 31.6 Å². The van der Waals surface area contributed by atoms with E-state index in [1.807, 2.05) is 0 Å². The zero-order valence-electron chi connectivity index (χ0n) is 20.8. The molecule has 1 unspecified atom stereocenters. The number of furan rings is 1. The van der Waals surface area contributed by atoms with Gasteiger partial charge in [-0.1, -0.05) is 38.2 Å². The van der Waals surface area contributed by atoms with Crippen LogP contribution >= 0.6 is 0 Å². The molecule has 2 N–H and O–H groups in total. The highest BCUT2D eigenvalue weighted by Crippen LogP contribution is 2.28. The van der Waals surface area contributed by atoms with Crippen LogP contribution in [0.3, 0.4) is 0 Å². The summed E-state index contributed by atoms with van der Waals surface area (Å²) >= 11 is 0. The van der Waals surface area contributed by atoms with E-state index in [2.05, 4.69) is 15.6 Å². The van der Waals surface area contributed by atoms with Crippen LogP contribution in [-0.4, -0.2) is 60.5 Å². The van der Waals surface area contributed by atoms with Crippen molar-refractivity contribution in [2.45, 2.75) is 74.9 Å². The third-order valence-corrected chi connectivity index (χ3v) is 8.85. The summed E-state index contributed by atoms with van der Waals surface area (Å²) in [5.74, 6) is -0.908. The highest BCUT2D eigenvalue weighted by Gasteiger charge is 2.34. The first-order valence-electron chi connectivity index (χ1n) is 12.9. The Balaban J connectivity index is 1.45. The number of nitrogens with one attached hydrogen (secondary N) is 2. The Kier molecular flexibility index (Phi) is 9.09. The van der Waals surface area contributed by atoms with Gasteiger partial charge in [0, 0.05) is 12.7 Å². The Morgan fingerprint density at radius 2 is 1.84 bits per heavy atom. The van der Waals surface area contributed by atoms with Gasteiger partial charge in [-0.15, -0.1) is 0 Å². The number of nitrogens with zero attached hydrogens (tertiary/aromatic N) is 2. The lowest BCUT2D eigenvalue weighted by Crippen LogP contribution is -2.54. The van der Waals surface area contributed by atoms with Crippen LogP contribution in [0.2, 0.25) is 0 Å². The van der Waals surface area contributed by atoms with Gasteiger partial charge in [-0.05, 0) is 55.9 Å². The minimum absolute atomic E-state index is 0.110. The van der Waals surface area contributed by atoms with Gasteiger partial charge in [-0.2, -0.15) is 4.31 Å². The number of pyridine rings is 1. The molecule has 37 heavy (non-hydrogen) atoms. The first-order chi connectivity index (χ1) is 17.8. The standard InChI is InChI=1S/C26H34N4O6S/c31-22-18-30(37(34,35)24-13-4-6-14-27-24)15-7-5-11-20(22)28-25(32)21(17-19-9-2-1-3-10-19)29-26(33)23-12-8-16-36-23/h4,6,8,12-14,16,19-21H,1-3,5,7,9-11,15,17-18H2,(H,28,32)(H,29,33)/t20?,21-/m0/s1. The molecule has 1 aliphatic heterocycles. The van der Waals surface area contributed by atoms with Gasteiger partial charge in [0.2, 0.25) is 5.91 Å². The van der Waals surface area contributed by atoms with Crippen LogP contribution in [0.4, 0.5) is 0 Å².